The molecule has 2 heterocycles. The summed E-state index contributed by atoms with van der Waals surface area (Å²) < 4.78 is 15.7. The number of hydrogen-bond acceptors (Lipinski definition) is 3. The molecule has 0 aliphatic heterocycles. The summed E-state index contributed by atoms with van der Waals surface area (Å²) in [6.07, 6.45) is 3.28. The van der Waals surface area contributed by atoms with Crippen molar-refractivity contribution in [1.82, 2.24) is 20.0 Å². The third-order valence-electron chi connectivity index (χ3n) is 3.08. The van der Waals surface area contributed by atoms with Gasteiger partial charge in [0.15, 0.2) is 0 Å². The van der Waals surface area contributed by atoms with Crippen molar-refractivity contribution in [2.24, 2.45) is 7.05 Å². The number of rotatable bonds is 2. The van der Waals surface area contributed by atoms with E-state index < -0.39 is 5.82 Å². The summed E-state index contributed by atoms with van der Waals surface area (Å²) in [5.41, 5.74) is 8.13. The number of nitrogens with two attached hydrogens (primary N) is 1. The minimum Gasteiger partial charge on any atom is -0.383 e. The maximum Gasteiger partial charge on any atom is 0.149 e. The Hall–Kier alpha value is -2.34. The Labute approximate surface area is 119 Å². The van der Waals surface area contributed by atoms with Crippen molar-refractivity contribution >= 4 is 17.4 Å². The van der Waals surface area contributed by atoms with Crippen molar-refractivity contribution in [3.8, 4) is 22.4 Å². The average Bonchev–Trinajstić information content (AvgIpc) is 3.04. The Morgan fingerprint density at radius 2 is 2.20 bits per heavy atom. The highest BCUT2D eigenvalue weighted by Gasteiger charge is 2.21. The van der Waals surface area contributed by atoms with E-state index in [4.69, 9.17) is 17.3 Å². The number of nitrogen functional groups attached to an aromatic ring is 1. The first-order valence-electron chi connectivity index (χ1n) is 5.85. The van der Waals surface area contributed by atoms with Crippen LogP contribution in [0, 0.1) is 5.82 Å². The molecule has 102 valence electrons. The quantitative estimate of drug-likeness (QED) is 0.762. The average molecular weight is 292 g/mol. The van der Waals surface area contributed by atoms with E-state index in [1.165, 1.54) is 10.7 Å². The minimum atomic E-state index is -0.515. The fourth-order valence-corrected chi connectivity index (χ4v) is 2.26. The zero-order chi connectivity index (χ0) is 14.3. The van der Waals surface area contributed by atoms with Crippen LogP contribution in [0.1, 0.15) is 0 Å². The Bertz CT molecular complexity index is 763. The van der Waals surface area contributed by atoms with E-state index in [2.05, 4.69) is 15.3 Å². The highest BCUT2D eigenvalue weighted by Crippen LogP contribution is 2.38. The molecule has 5 nitrogen and oxygen atoms in total. The summed E-state index contributed by atoms with van der Waals surface area (Å²) in [6, 6.07) is 4.79. The van der Waals surface area contributed by atoms with Gasteiger partial charge in [-0.25, -0.2) is 4.39 Å². The molecule has 0 radical (unpaired) electrons. The van der Waals surface area contributed by atoms with Gasteiger partial charge in [0.05, 0.1) is 16.8 Å². The number of nitrogens with zero attached hydrogens (tertiary/aromatic N) is 3. The lowest BCUT2D eigenvalue weighted by Crippen LogP contribution is -1.98. The number of H-pyrrole nitrogens is 1. The lowest BCUT2D eigenvalue weighted by molar-refractivity contribution is 0.632. The van der Waals surface area contributed by atoms with E-state index in [1.807, 2.05) is 0 Å². The highest BCUT2D eigenvalue weighted by molar-refractivity contribution is 6.31. The van der Waals surface area contributed by atoms with Crippen LogP contribution in [0.4, 0.5) is 10.2 Å². The maximum absolute atomic E-state index is 14.3. The fourth-order valence-electron chi connectivity index (χ4n) is 2.08. The van der Waals surface area contributed by atoms with Crippen LogP contribution < -0.4 is 5.73 Å². The van der Waals surface area contributed by atoms with E-state index in [9.17, 15) is 4.39 Å². The van der Waals surface area contributed by atoms with Crippen molar-refractivity contribution in [2.45, 2.75) is 0 Å². The first-order valence-corrected chi connectivity index (χ1v) is 6.23. The van der Waals surface area contributed by atoms with Gasteiger partial charge in [-0.15, -0.1) is 0 Å². The number of hydrogen-bond donors (Lipinski definition) is 2. The number of aromatic nitrogens is 4. The molecular weight excluding hydrogens is 281 g/mol. The van der Waals surface area contributed by atoms with Crippen molar-refractivity contribution in [3.05, 3.63) is 41.4 Å². The zero-order valence-corrected chi connectivity index (χ0v) is 11.3. The second-order valence-corrected chi connectivity index (χ2v) is 4.73. The van der Waals surface area contributed by atoms with Crippen molar-refractivity contribution in [3.63, 3.8) is 0 Å². The molecule has 0 saturated heterocycles. The van der Waals surface area contributed by atoms with Crippen LogP contribution in [0.25, 0.3) is 22.4 Å². The van der Waals surface area contributed by atoms with Crippen molar-refractivity contribution < 1.29 is 4.39 Å². The third kappa shape index (κ3) is 1.85. The summed E-state index contributed by atoms with van der Waals surface area (Å²) in [4.78, 5) is 0. The first kappa shape index (κ1) is 12.7. The van der Waals surface area contributed by atoms with E-state index >= 15 is 0 Å². The Kier molecular flexibility index (Phi) is 2.94. The van der Waals surface area contributed by atoms with Crippen LogP contribution in [0.5, 0.6) is 0 Å². The Balaban J connectivity index is 2.31. The third-order valence-corrected chi connectivity index (χ3v) is 3.38. The molecule has 1 aromatic carbocycles. The fraction of sp³-hybridized carbons (Fsp3) is 0.0769. The van der Waals surface area contributed by atoms with Gasteiger partial charge in [-0.05, 0) is 6.07 Å². The minimum absolute atomic E-state index is 0.0453. The van der Waals surface area contributed by atoms with E-state index in [-0.39, 0.29) is 5.02 Å². The topological polar surface area (TPSA) is 72.5 Å². The maximum atomic E-state index is 14.3. The number of halogens is 2. The first-order chi connectivity index (χ1) is 9.59. The molecule has 3 aromatic rings. The van der Waals surface area contributed by atoms with Crippen LogP contribution in [0.15, 0.2) is 30.6 Å². The molecule has 3 N–H and O–H groups in total. The number of aromatic amines is 1. The van der Waals surface area contributed by atoms with Gasteiger partial charge in [0, 0.05) is 24.4 Å². The summed E-state index contributed by atoms with van der Waals surface area (Å²) in [5.74, 6) is -0.152. The second kappa shape index (κ2) is 4.64. The Morgan fingerprint density at radius 3 is 2.90 bits per heavy atom. The van der Waals surface area contributed by atoms with Crippen molar-refractivity contribution in [1.29, 1.82) is 0 Å². The molecule has 0 amide bonds. The zero-order valence-electron chi connectivity index (χ0n) is 10.6. The second-order valence-electron chi connectivity index (χ2n) is 4.32. The molecule has 0 saturated carbocycles. The summed E-state index contributed by atoms with van der Waals surface area (Å²) in [6.45, 7) is 0. The summed E-state index contributed by atoms with van der Waals surface area (Å²) in [5, 5.41) is 10.9. The molecule has 0 bridgehead atoms. The van der Waals surface area contributed by atoms with Gasteiger partial charge in [0.2, 0.25) is 0 Å². The molecule has 3 rings (SSSR count). The van der Waals surface area contributed by atoms with E-state index in [0.717, 1.165) is 5.56 Å². The Morgan fingerprint density at radius 1 is 1.40 bits per heavy atom. The molecule has 2 aromatic heterocycles. The lowest BCUT2D eigenvalue weighted by Gasteiger charge is -2.05. The largest absolute Gasteiger partial charge is 0.383 e. The molecule has 0 atom stereocenters. The van der Waals surface area contributed by atoms with Gasteiger partial charge in [-0.1, -0.05) is 23.7 Å². The number of nitrogens with one attached hydrogen (secondary N) is 1. The lowest BCUT2D eigenvalue weighted by atomic mass is 10.0. The van der Waals surface area contributed by atoms with Gasteiger partial charge in [0.25, 0.3) is 0 Å². The van der Waals surface area contributed by atoms with Gasteiger partial charge in [-0.2, -0.15) is 10.2 Å². The van der Waals surface area contributed by atoms with E-state index in [0.29, 0.717) is 22.6 Å². The number of anilines is 1. The molecule has 20 heavy (non-hydrogen) atoms. The number of benzene rings is 1. The molecule has 0 fully saturated rings. The highest BCUT2D eigenvalue weighted by atomic mass is 35.5. The molecule has 0 spiro atoms. The van der Waals surface area contributed by atoms with Crippen LogP contribution in [0.3, 0.4) is 0 Å². The normalized spacial score (nSPS) is 10.9. The monoisotopic (exact) mass is 291 g/mol. The van der Waals surface area contributed by atoms with Crippen molar-refractivity contribution in [2.75, 3.05) is 5.73 Å². The molecule has 0 aliphatic rings. The SMILES string of the molecule is Cn1nc(-c2cn[nH]c2)c(-c2cccc(Cl)c2F)c1N. The molecule has 0 aliphatic carbocycles. The van der Waals surface area contributed by atoms with Gasteiger partial charge < -0.3 is 5.73 Å². The smallest absolute Gasteiger partial charge is 0.149 e. The standard InChI is InChI=1S/C13H11ClFN5/c1-20-13(16)10(8-3-2-4-9(14)11(8)15)12(19-20)7-5-17-18-6-7/h2-6H,16H2,1H3,(H,17,18). The van der Waals surface area contributed by atoms with E-state index in [1.54, 1.807) is 31.6 Å². The van der Waals surface area contributed by atoms with Crippen LogP contribution in [-0.2, 0) is 7.05 Å². The van der Waals surface area contributed by atoms with Gasteiger partial charge in [0.1, 0.15) is 17.3 Å². The van der Waals surface area contributed by atoms with Crippen LogP contribution in [0.2, 0.25) is 5.02 Å². The van der Waals surface area contributed by atoms with Crippen LogP contribution in [-0.4, -0.2) is 20.0 Å². The number of aryl methyl sites for hydroxylation is 1. The van der Waals surface area contributed by atoms with Crippen LogP contribution >= 0.6 is 11.6 Å². The predicted octanol–water partition coefficient (Wildman–Crippen LogP) is 2.85. The molecule has 0 unspecified atom stereocenters. The molecular formula is C13H11ClFN5. The summed E-state index contributed by atoms with van der Waals surface area (Å²) >= 11 is 5.84. The summed E-state index contributed by atoms with van der Waals surface area (Å²) in [7, 11) is 1.70. The predicted molar refractivity (Wildman–Crippen MR) is 75.6 cm³/mol. The van der Waals surface area contributed by atoms with Gasteiger partial charge in [-0.3, -0.25) is 9.78 Å². The van der Waals surface area contributed by atoms with Gasteiger partial charge >= 0.3 is 0 Å². The molecule has 7 heteroatoms.